The summed E-state index contributed by atoms with van der Waals surface area (Å²) in [6.07, 6.45) is 5.82. The minimum Gasteiger partial charge on any atom is -0.122 e. The van der Waals surface area contributed by atoms with Gasteiger partial charge >= 0.3 is 0 Å². The highest BCUT2D eigenvalue weighted by atomic mass is 31.1. The lowest BCUT2D eigenvalue weighted by Crippen LogP contribution is -2.48. The second kappa shape index (κ2) is 3.78. The molecule has 84 valence electrons. The highest BCUT2D eigenvalue weighted by molar-refractivity contribution is 7.38. The summed E-state index contributed by atoms with van der Waals surface area (Å²) in [5, 5.41) is 0. The van der Waals surface area contributed by atoms with Crippen LogP contribution in [0, 0.1) is 16.2 Å². The first kappa shape index (κ1) is 12.5. The van der Waals surface area contributed by atoms with Crippen molar-refractivity contribution >= 4 is 8.58 Å². The molecule has 0 atom stereocenters. The van der Waals surface area contributed by atoms with E-state index in [2.05, 4.69) is 41.5 Å². The van der Waals surface area contributed by atoms with Crippen molar-refractivity contribution in [3.8, 4) is 0 Å². The molecule has 1 heteroatoms. The molecule has 1 saturated heterocycles. The van der Waals surface area contributed by atoms with Crippen LogP contribution in [-0.4, -0.2) is 12.3 Å². The second-order valence-corrected chi connectivity index (χ2v) is 8.33. The summed E-state index contributed by atoms with van der Waals surface area (Å²) < 4.78 is 0. The van der Waals surface area contributed by atoms with Crippen molar-refractivity contribution < 1.29 is 0 Å². The maximum absolute atomic E-state index is 2.44. The van der Waals surface area contributed by atoms with Gasteiger partial charge in [0.1, 0.15) is 0 Å². The SMILES string of the molecule is CC(C)(C)C1(C(C)(C)C)CCPCC1. The predicted octanol–water partition coefficient (Wildman–Crippen LogP) is 4.54. The van der Waals surface area contributed by atoms with Crippen LogP contribution in [0.15, 0.2) is 0 Å². The van der Waals surface area contributed by atoms with Gasteiger partial charge in [0.2, 0.25) is 0 Å². The van der Waals surface area contributed by atoms with Crippen LogP contribution in [0.1, 0.15) is 54.4 Å². The Morgan fingerprint density at radius 3 is 1.36 bits per heavy atom. The van der Waals surface area contributed by atoms with E-state index in [1.54, 1.807) is 0 Å². The van der Waals surface area contributed by atoms with E-state index in [9.17, 15) is 0 Å². The van der Waals surface area contributed by atoms with Crippen LogP contribution in [0.2, 0.25) is 0 Å². The van der Waals surface area contributed by atoms with E-state index >= 15 is 0 Å². The fraction of sp³-hybridized carbons (Fsp3) is 1.00. The summed E-state index contributed by atoms with van der Waals surface area (Å²) in [6.45, 7) is 14.6. The van der Waals surface area contributed by atoms with Gasteiger partial charge in [0.15, 0.2) is 0 Å². The molecule has 1 fully saturated rings. The Labute approximate surface area is 92.0 Å². The zero-order valence-corrected chi connectivity index (χ0v) is 11.8. The predicted molar refractivity (Wildman–Crippen MR) is 68.6 cm³/mol. The molecule has 0 bridgehead atoms. The summed E-state index contributed by atoms with van der Waals surface area (Å²) in [5.74, 6) is 0. The lowest BCUT2D eigenvalue weighted by molar-refractivity contribution is -0.0403. The molecule has 0 saturated carbocycles. The van der Waals surface area contributed by atoms with Gasteiger partial charge in [-0.25, -0.2) is 0 Å². The van der Waals surface area contributed by atoms with Crippen molar-refractivity contribution in [2.24, 2.45) is 16.2 Å². The molecular formula is C13H27P. The highest BCUT2D eigenvalue weighted by Crippen LogP contribution is 2.59. The third kappa shape index (κ3) is 2.01. The number of rotatable bonds is 0. The average molecular weight is 214 g/mol. The molecule has 0 aromatic rings. The van der Waals surface area contributed by atoms with Gasteiger partial charge in [-0.3, -0.25) is 0 Å². The first-order valence-electron chi connectivity index (χ1n) is 5.91. The molecule has 1 aliphatic heterocycles. The fourth-order valence-corrected chi connectivity index (χ4v) is 4.94. The third-order valence-electron chi connectivity index (χ3n) is 4.33. The molecule has 1 rings (SSSR count). The summed E-state index contributed by atoms with van der Waals surface area (Å²) in [4.78, 5) is 0. The Balaban J connectivity index is 3.01. The van der Waals surface area contributed by atoms with E-state index in [4.69, 9.17) is 0 Å². The maximum atomic E-state index is 2.44. The summed E-state index contributed by atoms with van der Waals surface area (Å²) in [5.41, 5.74) is 1.47. The van der Waals surface area contributed by atoms with Crippen LogP contribution in [0.3, 0.4) is 0 Å². The Morgan fingerprint density at radius 1 is 0.786 bits per heavy atom. The zero-order valence-electron chi connectivity index (χ0n) is 10.8. The molecular weight excluding hydrogens is 187 g/mol. The first-order valence-corrected chi connectivity index (χ1v) is 7.33. The molecule has 0 unspecified atom stereocenters. The molecule has 0 nitrogen and oxygen atoms in total. The number of hydrogen-bond acceptors (Lipinski definition) is 0. The Hall–Kier alpha value is 0.430. The topological polar surface area (TPSA) is 0 Å². The average Bonchev–Trinajstić information content (AvgIpc) is 2.02. The van der Waals surface area contributed by atoms with E-state index in [-0.39, 0.29) is 0 Å². The van der Waals surface area contributed by atoms with Crippen LogP contribution >= 0.6 is 8.58 Å². The summed E-state index contributed by atoms with van der Waals surface area (Å²) >= 11 is 0. The molecule has 0 N–H and O–H groups in total. The standard InChI is InChI=1S/C13H27P/c1-11(2,3)13(12(4,5)6)7-9-14-10-8-13/h14H,7-10H2,1-6H3. The maximum Gasteiger partial charge on any atom is -0.0194 e. The lowest BCUT2D eigenvalue weighted by atomic mass is 9.51. The first-order chi connectivity index (χ1) is 6.21. The Morgan fingerprint density at radius 2 is 1.14 bits per heavy atom. The number of hydrogen-bond donors (Lipinski definition) is 0. The van der Waals surface area contributed by atoms with Crippen molar-refractivity contribution in [3.05, 3.63) is 0 Å². The molecule has 0 aromatic heterocycles. The van der Waals surface area contributed by atoms with Gasteiger partial charge in [0.05, 0.1) is 0 Å². The minimum atomic E-state index is 0.455. The highest BCUT2D eigenvalue weighted by Gasteiger charge is 2.50. The van der Waals surface area contributed by atoms with Crippen molar-refractivity contribution in [1.82, 2.24) is 0 Å². The molecule has 0 radical (unpaired) electrons. The summed E-state index contributed by atoms with van der Waals surface area (Å²) in [7, 11) is 1.23. The molecule has 0 aliphatic carbocycles. The minimum absolute atomic E-state index is 0.455. The quantitative estimate of drug-likeness (QED) is 0.519. The second-order valence-electron chi connectivity index (χ2n) is 6.83. The molecule has 1 aliphatic rings. The molecule has 1 heterocycles. The van der Waals surface area contributed by atoms with Gasteiger partial charge in [-0.1, -0.05) is 41.5 Å². The van der Waals surface area contributed by atoms with Crippen LogP contribution < -0.4 is 0 Å². The normalized spacial score (nSPS) is 23.6. The van der Waals surface area contributed by atoms with Gasteiger partial charge < -0.3 is 0 Å². The van der Waals surface area contributed by atoms with Crippen molar-refractivity contribution in [3.63, 3.8) is 0 Å². The van der Waals surface area contributed by atoms with E-state index in [0.717, 1.165) is 0 Å². The van der Waals surface area contributed by atoms with E-state index < -0.39 is 0 Å². The van der Waals surface area contributed by atoms with Crippen LogP contribution in [0.4, 0.5) is 0 Å². The summed E-state index contributed by atoms with van der Waals surface area (Å²) in [6, 6.07) is 0. The monoisotopic (exact) mass is 214 g/mol. The third-order valence-corrected chi connectivity index (χ3v) is 5.54. The van der Waals surface area contributed by atoms with Crippen LogP contribution in [-0.2, 0) is 0 Å². The Kier molecular flexibility index (Phi) is 3.37. The zero-order chi connectivity index (χ0) is 11.0. The molecule has 0 aromatic carbocycles. The van der Waals surface area contributed by atoms with Crippen molar-refractivity contribution in [2.75, 3.05) is 12.3 Å². The van der Waals surface area contributed by atoms with Crippen LogP contribution in [0.5, 0.6) is 0 Å². The fourth-order valence-electron chi connectivity index (χ4n) is 3.48. The van der Waals surface area contributed by atoms with E-state index in [1.165, 1.54) is 33.7 Å². The molecule has 14 heavy (non-hydrogen) atoms. The van der Waals surface area contributed by atoms with Crippen molar-refractivity contribution in [2.45, 2.75) is 54.4 Å². The largest absolute Gasteiger partial charge is 0.122 e. The smallest absolute Gasteiger partial charge is 0.0194 e. The Bertz CT molecular complexity index is 170. The lowest BCUT2D eigenvalue weighted by Gasteiger charge is -2.56. The van der Waals surface area contributed by atoms with Gasteiger partial charge in [-0.2, -0.15) is 0 Å². The molecule has 0 spiro atoms. The van der Waals surface area contributed by atoms with E-state index in [1.807, 2.05) is 0 Å². The van der Waals surface area contributed by atoms with Crippen molar-refractivity contribution in [1.29, 1.82) is 0 Å². The van der Waals surface area contributed by atoms with Gasteiger partial charge in [-0.15, -0.1) is 8.58 Å². The van der Waals surface area contributed by atoms with Gasteiger partial charge in [-0.05, 0) is 41.4 Å². The van der Waals surface area contributed by atoms with Crippen LogP contribution in [0.25, 0.3) is 0 Å². The van der Waals surface area contributed by atoms with Gasteiger partial charge in [0, 0.05) is 0 Å². The van der Waals surface area contributed by atoms with E-state index in [0.29, 0.717) is 16.2 Å². The molecule has 0 amide bonds. The van der Waals surface area contributed by atoms with Gasteiger partial charge in [0.25, 0.3) is 0 Å².